The van der Waals surface area contributed by atoms with Gasteiger partial charge in [-0.05, 0) is 19.3 Å². The number of carbonyl (C=O) groups excluding carboxylic acids is 2. The first kappa shape index (κ1) is 11.4. The minimum Gasteiger partial charge on any atom is -0.345 e. The van der Waals surface area contributed by atoms with Gasteiger partial charge < -0.3 is 9.80 Å². The van der Waals surface area contributed by atoms with Crippen molar-refractivity contribution < 1.29 is 9.59 Å². The Morgan fingerprint density at radius 3 is 2.69 bits per heavy atom. The van der Waals surface area contributed by atoms with Crippen molar-refractivity contribution in [1.82, 2.24) is 9.80 Å². The van der Waals surface area contributed by atoms with E-state index in [1.165, 1.54) is 0 Å². The molecule has 4 heteroatoms. The first-order chi connectivity index (χ1) is 7.68. The largest absolute Gasteiger partial charge is 0.345 e. The van der Waals surface area contributed by atoms with Crippen LogP contribution in [0.4, 0.5) is 0 Å². The van der Waals surface area contributed by atoms with E-state index in [9.17, 15) is 9.59 Å². The van der Waals surface area contributed by atoms with E-state index in [1.807, 2.05) is 16.8 Å². The van der Waals surface area contributed by atoms with Gasteiger partial charge in [-0.3, -0.25) is 9.59 Å². The summed E-state index contributed by atoms with van der Waals surface area (Å²) in [6.07, 6.45) is 4.74. The van der Waals surface area contributed by atoms with Crippen molar-refractivity contribution in [2.75, 3.05) is 26.7 Å². The van der Waals surface area contributed by atoms with E-state index in [4.69, 9.17) is 0 Å². The van der Waals surface area contributed by atoms with Crippen LogP contribution in [0.2, 0.25) is 0 Å². The lowest BCUT2D eigenvalue weighted by molar-refractivity contribution is -0.135. The minimum absolute atomic E-state index is 0.0366. The van der Waals surface area contributed by atoms with E-state index in [1.54, 1.807) is 0 Å². The zero-order chi connectivity index (χ0) is 11.5. The van der Waals surface area contributed by atoms with Crippen LogP contribution < -0.4 is 0 Å². The molecule has 0 saturated carbocycles. The second kappa shape index (κ2) is 4.85. The molecule has 2 amide bonds. The Morgan fingerprint density at radius 1 is 1.19 bits per heavy atom. The smallest absolute Gasteiger partial charge is 0.227 e. The molecular formula is C12H20N2O2. The van der Waals surface area contributed by atoms with E-state index in [-0.39, 0.29) is 17.7 Å². The van der Waals surface area contributed by atoms with Gasteiger partial charge in [0.2, 0.25) is 11.8 Å². The van der Waals surface area contributed by atoms with E-state index >= 15 is 0 Å². The Kier molecular flexibility index (Phi) is 3.46. The van der Waals surface area contributed by atoms with Crippen LogP contribution in [-0.2, 0) is 9.59 Å². The van der Waals surface area contributed by atoms with Gasteiger partial charge in [-0.2, -0.15) is 0 Å². The third kappa shape index (κ3) is 2.36. The van der Waals surface area contributed by atoms with E-state index in [0.717, 1.165) is 38.8 Å². The van der Waals surface area contributed by atoms with Crippen LogP contribution in [0.1, 0.15) is 32.1 Å². The molecule has 0 aromatic carbocycles. The van der Waals surface area contributed by atoms with Crippen molar-refractivity contribution >= 4 is 11.8 Å². The summed E-state index contributed by atoms with van der Waals surface area (Å²) in [5.74, 6) is 0.478. The maximum absolute atomic E-state index is 12.0. The van der Waals surface area contributed by atoms with Crippen molar-refractivity contribution in [3.05, 3.63) is 0 Å². The molecule has 2 saturated heterocycles. The van der Waals surface area contributed by atoms with Crippen LogP contribution in [-0.4, -0.2) is 48.3 Å². The number of nitrogens with zero attached hydrogens (tertiary/aromatic N) is 2. The second-order valence-electron chi connectivity index (χ2n) is 4.90. The summed E-state index contributed by atoms with van der Waals surface area (Å²) in [5.41, 5.74) is 0. The molecule has 0 unspecified atom stereocenters. The molecule has 2 aliphatic heterocycles. The zero-order valence-electron chi connectivity index (χ0n) is 9.95. The van der Waals surface area contributed by atoms with E-state index in [2.05, 4.69) is 0 Å². The van der Waals surface area contributed by atoms with Crippen molar-refractivity contribution in [2.45, 2.75) is 32.1 Å². The summed E-state index contributed by atoms with van der Waals surface area (Å²) in [7, 11) is 1.87. The summed E-state index contributed by atoms with van der Waals surface area (Å²) in [4.78, 5) is 27.2. The SMILES string of the molecule is CN1CCCC[C@@H](CN2CCCC2=O)C1=O. The molecule has 4 nitrogen and oxygen atoms in total. The normalized spacial score (nSPS) is 27.4. The number of amides is 2. The summed E-state index contributed by atoms with van der Waals surface area (Å²) in [6, 6.07) is 0. The predicted octanol–water partition coefficient (Wildman–Crippen LogP) is 0.867. The fraction of sp³-hybridized carbons (Fsp3) is 0.833. The standard InChI is InChI=1S/C12H20N2O2/c1-13-7-3-2-5-10(12(13)16)9-14-8-4-6-11(14)15/h10H,2-9H2,1H3/t10-/m0/s1. The number of rotatable bonds is 2. The minimum atomic E-state index is 0.0366. The third-order valence-corrected chi connectivity index (χ3v) is 3.63. The Morgan fingerprint density at radius 2 is 2.00 bits per heavy atom. The quantitative estimate of drug-likeness (QED) is 0.698. The lowest BCUT2D eigenvalue weighted by Gasteiger charge is -2.24. The Balaban J connectivity index is 1.96. The highest BCUT2D eigenvalue weighted by molar-refractivity contribution is 5.81. The fourth-order valence-electron chi connectivity index (χ4n) is 2.62. The van der Waals surface area contributed by atoms with Crippen molar-refractivity contribution in [2.24, 2.45) is 5.92 Å². The lowest BCUT2D eigenvalue weighted by Crippen LogP contribution is -2.39. The van der Waals surface area contributed by atoms with Gasteiger partial charge in [0.25, 0.3) is 0 Å². The molecule has 1 atom stereocenters. The average Bonchev–Trinajstić information content (AvgIpc) is 2.60. The molecule has 2 aliphatic rings. The van der Waals surface area contributed by atoms with Gasteiger partial charge in [-0.15, -0.1) is 0 Å². The number of hydrogen-bond acceptors (Lipinski definition) is 2. The van der Waals surface area contributed by atoms with Gasteiger partial charge >= 0.3 is 0 Å². The van der Waals surface area contributed by atoms with E-state index in [0.29, 0.717) is 13.0 Å². The van der Waals surface area contributed by atoms with E-state index < -0.39 is 0 Å². The van der Waals surface area contributed by atoms with Gasteiger partial charge in [0, 0.05) is 33.1 Å². The third-order valence-electron chi connectivity index (χ3n) is 3.63. The molecule has 0 aliphatic carbocycles. The molecule has 0 N–H and O–H groups in total. The van der Waals surface area contributed by atoms with Gasteiger partial charge in [0.15, 0.2) is 0 Å². The van der Waals surface area contributed by atoms with Gasteiger partial charge in [0.1, 0.15) is 0 Å². The zero-order valence-corrected chi connectivity index (χ0v) is 9.95. The lowest BCUT2D eigenvalue weighted by atomic mass is 10.0. The summed E-state index contributed by atoms with van der Waals surface area (Å²) < 4.78 is 0. The molecule has 0 aromatic heterocycles. The summed E-state index contributed by atoms with van der Waals surface area (Å²) in [5, 5.41) is 0. The maximum atomic E-state index is 12.0. The van der Waals surface area contributed by atoms with Crippen LogP contribution in [0.15, 0.2) is 0 Å². The summed E-state index contributed by atoms with van der Waals surface area (Å²) >= 11 is 0. The highest BCUT2D eigenvalue weighted by Gasteiger charge is 2.29. The summed E-state index contributed by atoms with van der Waals surface area (Å²) in [6.45, 7) is 2.34. The Labute approximate surface area is 96.6 Å². The van der Waals surface area contributed by atoms with Crippen LogP contribution in [0.5, 0.6) is 0 Å². The number of carbonyl (C=O) groups is 2. The van der Waals surface area contributed by atoms with Crippen LogP contribution in [0.25, 0.3) is 0 Å². The van der Waals surface area contributed by atoms with Gasteiger partial charge in [-0.25, -0.2) is 0 Å². The van der Waals surface area contributed by atoms with Gasteiger partial charge in [0.05, 0.1) is 5.92 Å². The maximum Gasteiger partial charge on any atom is 0.227 e. The molecule has 0 bridgehead atoms. The average molecular weight is 224 g/mol. The molecule has 0 aromatic rings. The van der Waals surface area contributed by atoms with Crippen molar-refractivity contribution in [3.63, 3.8) is 0 Å². The van der Waals surface area contributed by atoms with Crippen LogP contribution in [0.3, 0.4) is 0 Å². The number of likely N-dealkylation sites (tertiary alicyclic amines) is 2. The molecule has 2 fully saturated rings. The first-order valence-electron chi connectivity index (χ1n) is 6.21. The molecule has 16 heavy (non-hydrogen) atoms. The van der Waals surface area contributed by atoms with Crippen molar-refractivity contribution in [3.8, 4) is 0 Å². The van der Waals surface area contributed by atoms with Crippen molar-refractivity contribution in [1.29, 1.82) is 0 Å². The monoisotopic (exact) mass is 224 g/mol. The number of hydrogen-bond donors (Lipinski definition) is 0. The Hall–Kier alpha value is -1.06. The molecule has 0 spiro atoms. The molecule has 0 radical (unpaired) electrons. The molecule has 90 valence electrons. The first-order valence-corrected chi connectivity index (χ1v) is 6.21. The fourth-order valence-corrected chi connectivity index (χ4v) is 2.62. The second-order valence-corrected chi connectivity index (χ2v) is 4.90. The topological polar surface area (TPSA) is 40.6 Å². The molecule has 2 heterocycles. The molecule has 2 rings (SSSR count). The highest BCUT2D eigenvalue weighted by Crippen LogP contribution is 2.20. The highest BCUT2D eigenvalue weighted by atomic mass is 16.2. The molecular weight excluding hydrogens is 204 g/mol. The van der Waals surface area contributed by atoms with Crippen LogP contribution in [0, 0.1) is 5.92 Å². The van der Waals surface area contributed by atoms with Crippen LogP contribution >= 0.6 is 0 Å². The van der Waals surface area contributed by atoms with Gasteiger partial charge in [-0.1, -0.05) is 6.42 Å². The Bertz CT molecular complexity index is 291. The predicted molar refractivity (Wildman–Crippen MR) is 60.8 cm³/mol.